The van der Waals surface area contributed by atoms with Gasteiger partial charge in [0.1, 0.15) is 0 Å². The molecule has 1 aliphatic heterocycles. The SMILES string of the molecule is CN1CCC(CC(=O)Nc2ccc(CC#N)cc2)CC1. The molecule has 0 bridgehead atoms. The first-order valence-corrected chi connectivity index (χ1v) is 7.11. The quantitative estimate of drug-likeness (QED) is 0.915. The summed E-state index contributed by atoms with van der Waals surface area (Å²) in [6, 6.07) is 9.60. The molecular formula is C16H21N3O. The standard InChI is InChI=1S/C16H21N3O/c1-19-10-7-14(8-11-19)12-16(20)18-15-4-2-13(3-5-15)6-9-17/h2-5,14H,6-8,10-12H2,1H3,(H,18,20). The van der Waals surface area contributed by atoms with Crippen molar-refractivity contribution in [3.05, 3.63) is 29.8 Å². The minimum Gasteiger partial charge on any atom is -0.326 e. The van der Waals surface area contributed by atoms with Gasteiger partial charge >= 0.3 is 0 Å². The average Bonchev–Trinajstić information content (AvgIpc) is 2.44. The highest BCUT2D eigenvalue weighted by molar-refractivity contribution is 5.90. The van der Waals surface area contributed by atoms with Crippen molar-refractivity contribution in [3.63, 3.8) is 0 Å². The van der Waals surface area contributed by atoms with Crippen LogP contribution in [0.1, 0.15) is 24.8 Å². The Labute approximate surface area is 120 Å². The summed E-state index contributed by atoms with van der Waals surface area (Å²) >= 11 is 0. The van der Waals surface area contributed by atoms with E-state index in [9.17, 15) is 4.79 Å². The Bertz CT molecular complexity index is 481. The molecule has 1 saturated heterocycles. The van der Waals surface area contributed by atoms with Crippen molar-refractivity contribution in [3.8, 4) is 6.07 Å². The van der Waals surface area contributed by atoms with Crippen LogP contribution in [0.4, 0.5) is 5.69 Å². The summed E-state index contributed by atoms with van der Waals surface area (Å²) in [6.07, 6.45) is 3.22. The fraction of sp³-hybridized carbons (Fsp3) is 0.500. The summed E-state index contributed by atoms with van der Waals surface area (Å²) in [5, 5.41) is 11.5. The molecule has 0 unspecified atom stereocenters. The van der Waals surface area contributed by atoms with Crippen molar-refractivity contribution in [2.45, 2.75) is 25.7 Å². The number of hydrogen-bond acceptors (Lipinski definition) is 3. The molecule has 0 atom stereocenters. The topological polar surface area (TPSA) is 56.1 Å². The van der Waals surface area contributed by atoms with Crippen LogP contribution in [0.15, 0.2) is 24.3 Å². The van der Waals surface area contributed by atoms with Crippen molar-refractivity contribution in [1.29, 1.82) is 5.26 Å². The first-order chi connectivity index (χ1) is 9.67. The summed E-state index contributed by atoms with van der Waals surface area (Å²) in [7, 11) is 2.12. The fourth-order valence-corrected chi connectivity index (χ4v) is 2.54. The van der Waals surface area contributed by atoms with Gasteiger partial charge in [-0.3, -0.25) is 4.79 Å². The van der Waals surface area contributed by atoms with E-state index in [1.165, 1.54) is 0 Å². The maximum Gasteiger partial charge on any atom is 0.224 e. The first-order valence-electron chi connectivity index (χ1n) is 7.11. The van der Waals surface area contributed by atoms with Gasteiger partial charge in [-0.1, -0.05) is 12.1 Å². The minimum atomic E-state index is 0.0904. The number of carbonyl (C=O) groups is 1. The Kier molecular flexibility index (Phi) is 5.14. The minimum absolute atomic E-state index is 0.0904. The monoisotopic (exact) mass is 271 g/mol. The van der Waals surface area contributed by atoms with Crippen molar-refractivity contribution in [2.24, 2.45) is 5.92 Å². The second-order valence-corrected chi connectivity index (χ2v) is 5.53. The number of likely N-dealkylation sites (tertiary alicyclic amines) is 1. The maximum absolute atomic E-state index is 12.0. The molecule has 4 heteroatoms. The van der Waals surface area contributed by atoms with E-state index in [0.717, 1.165) is 37.2 Å². The number of rotatable bonds is 4. The second-order valence-electron chi connectivity index (χ2n) is 5.53. The number of benzene rings is 1. The Morgan fingerprint density at radius 1 is 1.35 bits per heavy atom. The molecule has 1 aromatic carbocycles. The summed E-state index contributed by atoms with van der Waals surface area (Å²) in [5.74, 6) is 0.594. The third kappa shape index (κ3) is 4.36. The van der Waals surface area contributed by atoms with E-state index in [4.69, 9.17) is 5.26 Å². The van der Waals surface area contributed by atoms with Gasteiger partial charge in [0.05, 0.1) is 12.5 Å². The van der Waals surface area contributed by atoms with Gasteiger partial charge in [-0.25, -0.2) is 0 Å². The highest BCUT2D eigenvalue weighted by atomic mass is 16.1. The van der Waals surface area contributed by atoms with Crippen LogP contribution in [0.5, 0.6) is 0 Å². The lowest BCUT2D eigenvalue weighted by Crippen LogP contribution is -2.31. The average molecular weight is 271 g/mol. The molecule has 1 fully saturated rings. The molecule has 20 heavy (non-hydrogen) atoms. The number of nitrogens with one attached hydrogen (secondary N) is 1. The summed E-state index contributed by atoms with van der Waals surface area (Å²) < 4.78 is 0. The first kappa shape index (κ1) is 14.5. The molecule has 0 aromatic heterocycles. The van der Waals surface area contributed by atoms with E-state index < -0.39 is 0 Å². The molecule has 1 heterocycles. The number of anilines is 1. The van der Waals surface area contributed by atoms with E-state index in [0.29, 0.717) is 18.8 Å². The summed E-state index contributed by atoms with van der Waals surface area (Å²) in [4.78, 5) is 14.3. The number of nitrogens with zero attached hydrogens (tertiary/aromatic N) is 2. The van der Waals surface area contributed by atoms with Gasteiger partial charge in [-0.2, -0.15) is 5.26 Å². The lowest BCUT2D eigenvalue weighted by atomic mass is 9.93. The van der Waals surface area contributed by atoms with Gasteiger partial charge in [-0.05, 0) is 56.6 Å². The van der Waals surface area contributed by atoms with Gasteiger partial charge in [0, 0.05) is 12.1 Å². The zero-order valence-corrected chi connectivity index (χ0v) is 11.9. The van der Waals surface area contributed by atoms with Crippen LogP contribution in [-0.4, -0.2) is 30.9 Å². The molecule has 2 rings (SSSR count). The predicted molar refractivity (Wildman–Crippen MR) is 79.2 cm³/mol. The maximum atomic E-state index is 12.0. The number of amides is 1. The van der Waals surface area contributed by atoms with Crippen LogP contribution < -0.4 is 5.32 Å². The molecule has 1 N–H and O–H groups in total. The Morgan fingerprint density at radius 2 is 2.00 bits per heavy atom. The lowest BCUT2D eigenvalue weighted by Gasteiger charge is -2.28. The largest absolute Gasteiger partial charge is 0.326 e. The third-order valence-corrected chi connectivity index (χ3v) is 3.83. The van der Waals surface area contributed by atoms with Crippen molar-refractivity contribution in [2.75, 3.05) is 25.5 Å². The van der Waals surface area contributed by atoms with Crippen molar-refractivity contribution in [1.82, 2.24) is 4.90 Å². The van der Waals surface area contributed by atoms with E-state index in [2.05, 4.69) is 23.3 Å². The normalized spacial score (nSPS) is 16.6. The lowest BCUT2D eigenvalue weighted by molar-refractivity contribution is -0.117. The van der Waals surface area contributed by atoms with Crippen LogP contribution in [0.2, 0.25) is 0 Å². The third-order valence-electron chi connectivity index (χ3n) is 3.83. The highest BCUT2D eigenvalue weighted by Gasteiger charge is 2.19. The molecule has 1 aromatic rings. The molecule has 0 radical (unpaired) electrons. The van der Waals surface area contributed by atoms with E-state index in [1.54, 1.807) is 0 Å². The van der Waals surface area contributed by atoms with Gasteiger partial charge in [0.15, 0.2) is 0 Å². The molecule has 0 spiro atoms. The van der Waals surface area contributed by atoms with E-state index in [-0.39, 0.29) is 5.91 Å². The number of carbonyl (C=O) groups excluding carboxylic acids is 1. The zero-order chi connectivity index (χ0) is 14.4. The van der Waals surface area contributed by atoms with Crippen LogP contribution in [-0.2, 0) is 11.2 Å². The van der Waals surface area contributed by atoms with Crippen LogP contribution >= 0.6 is 0 Å². The van der Waals surface area contributed by atoms with Gasteiger partial charge in [0.25, 0.3) is 0 Å². The molecule has 1 amide bonds. The molecule has 1 aliphatic rings. The van der Waals surface area contributed by atoms with Crippen molar-refractivity contribution >= 4 is 11.6 Å². The van der Waals surface area contributed by atoms with Gasteiger partial charge in [-0.15, -0.1) is 0 Å². The zero-order valence-electron chi connectivity index (χ0n) is 11.9. The van der Waals surface area contributed by atoms with E-state index >= 15 is 0 Å². The van der Waals surface area contributed by atoms with E-state index in [1.807, 2.05) is 24.3 Å². The molecule has 106 valence electrons. The van der Waals surface area contributed by atoms with Gasteiger partial charge in [0.2, 0.25) is 5.91 Å². The van der Waals surface area contributed by atoms with Gasteiger partial charge < -0.3 is 10.2 Å². The number of hydrogen-bond donors (Lipinski definition) is 1. The van der Waals surface area contributed by atoms with Crippen LogP contribution in [0.25, 0.3) is 0 Å². The molecular weight excluding hydrogens is 250 g/mol. The highest BCUT2D eigenvalue weighted by Crippen LogP contribution is 2.20. The summed E-state index contributed by atoms with van der Waals surface area (Å²) in [5.41, 5.74) is 1.78. The molecule has 0 saturated carbocycles. The Morgan fingerprint density at radius 3 is 2.60 bits per heavy atom. The Balaban J connectivity index is 1.80. The second kappa shape index (κ2) is 7.06. The number of piperidine rings is 1. The Hall–Kier alpha value is -1.86. The molecule has 4 nitrogen and oxygen atoms in total. The predicted octanol–water partition coefficient (Wildman–Crippen LogP) is 2.42. The molecule has 0 aliphatic carbocycles. The fourth-order valence-electron chi connectivity index (χ4n) is 2.54. The van der Waals surface area contributed by atoms with Crippen LogP contribution in [0.3, 0.4) is 0 Å². The van der Waals surface area contributed by atoms with Crippen molar-refractivity contribution < 1.29 is 4.79 Å². The van der Waals surface area contributed by atoms with Crippen LogP contribution in [0, 0.1) is 17.2 Å². The summed E-state index contributed by atoms with van der Waals surface area (Å²) in [6.45, 7) is 2.17. The smallest absolute Gasteiger partial charge is 0.224 e. The number of nitriles is 1.